The molecule has 0 amide bonds. The fourth-order valence-electron chi connectivity index (χ4n) is 6.55. The number of hydrogen-bond acceptors (Lipinski definition) is 2. The molecular formula is C38H22O2. The minimum Gasteiger partial charge on any atom is -0.456 e. The normalized spacial score (nSPS) is 12.0. The minimum atomic E-state index is 0.841. The molecule has 2 aromatic heterocycles. The summed E-state index contributed by atoms with van der Waals surface area (Å²) >= 11 is 0. The summed E-state index contributed by atoms with van der Waals surface area (Å²) in [5.74, 6) is 0. The van der Waals surface area contributed by atoms with Crippen molar-refractivity contribution in [3.05, 3.63) is 133 Å². The van der Waals surface area contributed by atoms with Crippen LogP contribution in [0.15, 0.2) is 142 Å². The van der Waals surface area contributed by atoms with Crippen molar-refractivity contribution in [1.29, 1.82) is 0 Å². The van der Waals surface area contributed by atoms with Crippen LogP contribution in [0.2, 0.25) is 0 Å². The molecule has 0 spiro atoms. The number of rotatable bonds is 2. The predicted octanol–water partition coefficient (Wildman–Crippen LogP) is 11.1. The van der Waals surface area contributed by atoms with Gasteiger partial charge in [-0.15, -0.1) is 0 Å². The summed E-state index contributed by atoms with van der Waals surface area (Å²) in [4.78, 5) is 0. The highest BCUT2D eigenvalue weighted by Crippen LogP contribution is 2.45. The Labute approximate surface area is 229 Å². The van der Waals surface area contributed by atoms with Gasteiger partial charge >= 0.3 is 0 Å². The van der Waals surface area contributed by atoms with E-state index in [1.165, 1.54) is 38.2 Å². The van der Waals surface area contributed by atoms with E-state index in [-0.39, 0.29) is 0 Å². The van der Waals surface area contributed by atoms with E-state index < -0.39 is 0 Å². The minimum absolute atomic E-state index is 0.841. The molecule has 0 saturated heterocycles. The first-order valence-electron chi connectivity index (χ1n) is 13.6. The van der Waals surface area contributed by atoms with Crippen LogP contribution in [0, 0.1) is 0 Å². The van der Waals surface area contributed by atoms with E-state index in [9.17, 15) is 0 Å². The number of hydrogen-bond donors (Lipinski definition) is 0. The van der Waals surface area contributed by atoms with Crippen LogP contribution in [0.4, 0.5) is 0 Å². The van der Waals surface area contributed by atoms with Crippen LogP contribution < -0.4 is 0 Å². The zero-order chi connectivity index (χ0) is 26.2. The molecular weight excluding hydrogens is 488 g/mol. The van der Waals surface area contributed by atoms with Crippen LogP contribution in [0.3, 0.4) is 0 Å². The average Bonchev–Trinajstić information content (AvgIpc) is 3.58. The molecule has 2 nitrogen and oxygen atoms in total. The molecule has 0 bridgehead atoms. The Kier molecular flexibility index (Phi) is 4.36. The van der Waals surface area contributed by atoms with E-state index in [1.807, 2.05) is 12.1 Å². The van der Waals surface area contributed by atoms with Gasteiger partial charge in [0.05, 0.1) is 5.39 Å². The Balaban J connectivity index is 1.36. The molecule has 0 atom stereocenters. The zero-order valence-corrected chi connectivity index (χ0v) is 21.5. The van der Waals surface area contributed by atoms with Crippen LogP contribution in [-0.2, 0) is 0 Å². The van der Waals surface area contributed by atoms with E-state index >= 15 is 0 Å². The molecule has 0 unspecified atom stereocenters. The summed E-state index contributed by atoms with van der Waals surface area (Å²) in [7, 11) is 0. The van der Waals surface area contributed by atoms with E-state index in [1.54, 1.807) is 0 Å². The van der Waals surface area contributed by atoms with E-state index in [2.05, 4.69) is 121 Å². The summed E-state index contributed by atoms with van der Waals surface area (Å²) in [6.07, 6.45) is 0. The van der Waals surface area contributed by atoms with Gasteiger partial charge in [0, 0.05) is 16.2 Å². The highest BCUT2D eigenvalue weighted by atomic mass is 16.3. The Morgan fingerprint density at radius 2 is 0.900 bits per heavy atom. The first-order valence-corrected chi connectivity index (χ1v) is 13.6. The Bertz CT molecular complexity index is 2370. The van der Waals surface area contributed by atoms with Crippen LogP contribution in [-0.4, -0.2) is 0 Å². The quantitative estimate of drug-likeness (QED) is 0.216. The van der Waals surface area contributed by atoms with Crippen molar-refractivity contribution < 1.29 is 8.83 Å². The van der Waals surface area contributed by atoms with E-state index in [4.69, 9.17) is 8.83 Å². The monoisotopic (exact) mass is 510 g/mol. The van der Waals surface area contributed by atoms with Crippen molar-refractivity contribution in [2.75, 3.05) is 0 Å². The largest absolute Gasteiger partial charge is 0.456 e. The smallest absolute Gasteiger partial charge is 0.147 e. The lowest BCUT2D eigenvalue weighted by Crippen LogP contribution is -1.90. The van der Waals surface area contributed by atoms with E-state index in [0.29, 0.717) is 0 Å². The van der Waals surface area contributed by atoms with Gasteiger partial charge in [-0.1, -0.05) is 103 Å². The molecule has 0 aliphatic rings. The number of benzene rings is 7. The molecule has 2 heteroatoms. The lowest BCUT2D eigenvalue weighted by Gasteiger charge is -2.17. The first kappa shape index (κ1) is 21.6. The molecule has 0 saturated carbocycles. The number of para-hydroxylation sites is 1. The highest BCUT2D eigenvalue weighted by Gasteiger charge is 2.19. The van der Waals surface area contributed by atoms with Gasteiger partial charge in [0.1, 0.15) is 22.3 Å². The molecule has 7 aromatic carbocycles. The number of furan rings is 2. The van der Waals surface area contributed by atoms with Gasteiger partial charge in [-0.3, -0.25) is 0 Å². The number of fused-ring (bicyclic) bond motifs is 9. The summed E-state index contributed by atoms with van der Waals surface area (Å²) in [6, 6.07) is 47.2. The maximum absolute atomic E-state index is 6.48. The molecule has 9 aromatic rings. The molecule has 40 heavy (non-hydrogen) atoms. The van der Waals surface area contributed by atoms with Gasteiger partial charge in [0.2, 0.25) is 0 Å². The second-order valence-electron chi connectivity index (χ2n) is 10.4. The molecule has 0 aliphatic heterocycles. The summed E-state index contributed by atoms with van der Waals surface area (Å²) in [5.41, 5.74) is 8.34. The van der Waals surface area contributed by atoms with Crippen LogP contribution in [0.5, 0.6) is 0 Å². The van der Waals surface area contributed by atoms with Crippen LogP contribution in [0.25, 0.3) is 87.7 Å². The molecule has 2 heterocycles. The maximum atomic E-state index is 6.48. The Hall–Kier alpha value is -5.34. The molecule has 0 radical (unpaired) electrons. The average molecular weight is 511 g/mol. The van der Waals surface area contributed by atoms with Crippen LogP contribution in [0.1, 0.15) is 0 Å². The van der Waals surface area contributed by atoms with Gasteiger partial charge in [-0.05, 0) is 74.1 Å². The maximum Gasteiger partial charge on any atom is 0.147 e. The summed E-state index contributed by atoms with van der Waals surface area (Å²) in [6.45, 7) is 0. The van der Waals surface area contributed by atoms with Crippen molar-refractivity contribution in [3.63, 3.8) is 0 Å². The first-order chi connectivity index (χ1) is 19.8. The van der Waals surface area contributed by atoms with Crippen molar-refractivity contribution >= 4 is 65.4 Å². The van der Waals surface area contributed by atoms with Gasteiger partial charge in [-0.25, -0.2) is 0 Å². The second-order valence-corrected chi connectivity index (χ2v) is 10.4. The SMILES string of the molecule is c1ccc(-c2c3ccccc3c(-c3ccc4c(c3)oc3ccc5c6ccccc6oc5c34)c3ccccc23)cc1. The van der Waals surface area contributed by atoms with Crippen molar-refractivity contribution in [2.24, 2.45) is 0 Å². The topological polar surface area (TPSA) is 26.3 Å². The van der Waals surface area contributed by atoms with Crippen LogP contribution >= 0.6 is 0 Å². The molecule has 0 N–H and O–H groups in total. The summed E-state index contributed by atoms with van der Waals surface area (Å²) < 4.78 is 12.8. The highest BCUT2D eigenvalue weighted by molar-refractivity contribution is 6.24. The predicted molar refractivity (Wildman–Crippen MR) is 167 cm³/mol. The molecule has 0 fully saturated rings. The third-order valence-electron chi connectivity index (χ3n) is 8.26. The zero-order valence-electron chi connectivity index (χ0n) is 21.5. The van der Waals surface area contributed by atoms with E-state index in [0.717, 1.165) is 49.4 Å². The third-order valence-corrected chi connectivity index (χ3v) is 8.26. The fourth-order valence-corrected chi connectivity index (χ4v) is 6.55. The molecule has 0 aliphatic carbocycles. The van der Waals surface area contributed by atoms with Crippen molar-refractivity contribution in [2.45, 2.75) is 0 Å². The second kappa shape index (κ2) is 8.08. The Morgan fingerprint density at radius 1 is 0.325 bits per heavy atom. The van der Waals surface area contributed by atoms with Gasteiger partial charge in [0.15, 0.2) is 0 Å². The van der Waals surface area contributed by atoms with Crippen molar-refractivity contribution in [3.8, 4) is 22.3 Å². The standard InChI is InChI=1S/C38H22O2/c1-2-10-23(11-3-1)35-26-13-4-6-15-28(26)36(29-16-7-5-14-27(29)35)24-18-19-31-34(22-24)39-33-21-20-30-25-12-8-9-17-32(25)40-38(30)37(31)33/h1-22H. The van der Waals surface area contributed by atoms with Gasteiger partial charge in [-0.2, -0.15) is 0 Å². The lowest BCUT2D eigenvalue weighted by molar-refractivity contribution is 0.663. The lowest BCUT2D eigenvalue weighted by atomic mass is 9.86. The van der Waals surface area contributed by atoms with Gasteiger partial charge < -0.3 is 8.83 Å². The van der Waals surface area contributed by atoms with Crippen molar-refractivity contribution in [1.82, 2.24) is 0 Å². The Morgan fingerprint density at radius 3 is 1.60 bits per heavy atom. The molecule has 9 rings (SSSR count). The van der Waals surface area contributed by atoms with Gasteiger partial charge in [0.25, 0.3) is 0 Å². The third kappa shape index (κ3) is 2.93. The molecule has 186 valence electrons. The summed E-state index contributed by atoms with van der Waals surface area (Å²) in [5, 5.41) is 9.30. The fraction of sp³-hybridized carbons (Fsp3) is 0.